The Morgan fingerprint density at radius 2 is 2.11 bits per heavy atom. The van der Waals surface area contributed by atoms with E-state index in [1.54, 1.807) is 6.92 Å². The van der Waals surface area contributed by atoms with E-state index in [-0.39, 0.29) is 5.56 Å². The van der Waals surface area contributed by atoms with Crippen LogP contribution in [0.25, 0.3) is 0 Å². The lowest BCUT2D eigenvalue weighted by Crippen LogP contribution is -2.26. The SMILES string of the molecule is CCN(CC)CCCC(C)Nc1cc(=O)[nH]c(C)n1. The molecule has 0 spiro atoms. The van der Waals surface area contributed by atoms with Gasteiger partial charge in [-0.2, -0.15) is 0 Å². The van der Waals surface area contributed by atoms with Crippen LogP contribution in [0.2, 0.25) is 0 Å². The summed E-state index contributed by atoms with van der Waals surface area (Å²) in [5, 5.41) is 3.28. The molecule has 0 aliphatic heterocycles. The maximum absolute atomic E-state index is 11.3. The van der Waals surface area contributed by atoms with Crippen LogP contribution in [0.4, 0.5) is 5.82 Å². The number of H-pyrrole nitrogens is 1. The van der Waals surface area contributed by atoms with Crippen molar-refractivity contribution in [1.29, 1.82) is 0 Å². The molecule has 0 saturated carbocycles. The van der Waals surface area contributed by atoms with E-state index in [1.807, 2.05) is 0 Å². The van der Waals surface area contributed by atoms with Crippen molar-refractivity contribution in [2.75, 3.05) is 25.0 Å². The third-order valence-corrected chi connectivity index (χ3v) is 3.26. The van der Waals surface area contributed by atoms with E-state index in [2.05, 4.69) is 41.0 Å². The molecule has 0 aliphatic carbocycles. The van der Waals surface area contributed by atoms with Gasteiger partial charge in [0.25, 0.3) is 5.56 Å². The van der Waals surface area contributed by atoms with Crippen LogP contribution in [-0.2, 0) is 0 Å². The van der Waals surface area contributed by atoms with Gasteiger partial charge in [-0.05, 0) is 46.3 Å². The molecule has 1 rings (SSSR count). The molecule has 5 nitrogen and oxygen atoms in total. The number of rotatable bonds is 8. The van der Waals surface area contributed by atoms with E-state index in [1.165, 1.54) is 6.07 Å². The van der Waals surface area contributed by atoms with Gasteiger partial charge in [0.15, 0.2) is 0 Å². The highest BCUT2D eigenvalue weighted by atomic mass is 16.1. The van der Waals surface area contributed by atoms with Gasteiger partial charge in [0.05, 0.1) is 0 Å². The number of nitrogens with zero attached hydrogens (tertiary/aromatic N) is 2. The van der Waals surface area contributed by atoms with Crippen LogP contribution in [0.15, 0.2) is 10.9 Å². The molecule has 0 bridgehead atoms. The van der Waals surface area contributed by atoms with Crippen LogP contribution in [0, 0.1) is 6.92 Å². The Morgan fingerprint density at radius 1 is 1.42 bits per heavy atom. The molecule has 2 N–H and O–H groups in total. The fourth-order valence-corrected chi connectivity index (χ4v) is 2.14. The van der Waals surface area contributed by atoms with Crippen LogP contribution in [-0.4, -0.2) is 40.5 Å². The molecule has 0 aromatic carbocycles. The van der Waals surface area contributed by atoms with Crippen LogP contribution >= 0.6 is 0 Å². The number of aromatic nitrogens is 2. The minimum Gasteiger partial charge on any atom is -0.367 e. The topological polar surface area (TPSA) is 61.0 Å². The molecule has 5 heteroatoms. The summed E-state index contributed by atoms with van der Waals surface area (Å²) in [5.41, 5.74) is -0.106. The zero-order valence-electron chi connectivity index (χ0n) is 12.5. The molecular weight excluding hydrogens is 240 g/mol. The predicted octanol–water partition coefficient (Wildman–Crippen LogP) is 2.00. The van der Waals surface area contributed by atoms with Crippen molar-refractivity contribution < 1.29 is 0 Å². The Bertz CT molecular complexity index is 426. The van der Waals surface area contributed by atoms with Gasteiger partial charge in [-0.3, -0.25) is 4.79 Å². The molecule has 0 aliphatic rings. The van der Waals surface area contributed by atoms with E-state index in [4.69, 9.17) is 0 Å². The number of aryl methyl sites for hydroxylation is 1. The molecule has 1 unspecified atom stereocenters. The van der Waals surface area contributed by atoms with Gasteiger partial charge in [0, 0.05) is 12.1 Å². The zero-order valence-corrected chi connectivity index (χ0v) is 12.5. The summed E-state index contributed by atoms with van der Waals surface area (Å²) in [5.74, 6) is 1.31. The molecule has 1 aromatic rings. The number of hydrogen-bond acceptors (Lipinski definition) is 4. The summed E-state index contributed by atoms with van der Waals surface area (Å²) in [7, 11) is 0. The predicted molar refractivity (Wildman–Crippen MR) is 79.7 cm³/mol. The van der Waals surface area contributed by atoms with Crippen molar-refractivity contribution in [3.05, 3.63) is 22.2 Å². The standard InChI is InChI=1S/C14H26N4O/c1-5-18(6-2)9-7-8-11(3)15-13-10-14(19)17-12(4)16-13/h10-11H,5-9H2,1-4H3,(H2,15,16,17,19). The van der Waals surface area contributed by atoms with Crippen molar-refractivity contribution in [3.8, 4) is 0 Å². The van der Waals surface area contributed by atoms with Gasteiger partial charge < -0.3 is 15.2 Å². The van der Waals surface area contributed by atoms with Gasteiger partial charge in [-0.25, -0.2) is 4.98 Å². The summed E-state index contributed by atoms with van der Waals surface area (Å²) in [6, 6.07) is 1.83. The lowest BCUT2D eigenvalue weighted by molar-refractivity contribution is 0.295. The minimum absolute atomic E-state index is 0.106. The highest BCUT2D eigenvalue weighted by Crippen LogP contribution is 2.06. The first kappa shape index (κ1) is 15.7. The molecule has 0 fully saturated rings. The average Bonchev–Trinajstić information content (AvgIpc) is 2.33. The first-order valence-electron chi connectivity index (χ1n) is 7.12. The van der Waals surface area contributed by atoms with Crippen molar-refractivity contribution in [2.24, 2.45) is 0 Å². The summed E-state index contributed by atoms with van der Waals surface area (Å²) < 4.78 is 0. The summed E-state index contributed by atoms with van der Waals surface area (Å²) in [6.07, 6.45) is 2.22. The Morgan fingerprint density at radius 3 is 2.68 bits per heavy atom. The number of hydrogen-bond donors (Lipinski definition) is 2. The molecular formula is C14H26N4O. The Balaban J connectivity index is 2.38. The minimum atomic E-state index is -0.106. The lowest BCUT2D eigenvalue weighted by atomic mass is 10.1. The molecule has 1 atom stereocenters. The first-order chi connectivity index (χ1) is 9.05. The average molecular weight is 266 g/mol. The second-order valence-electron chi connectivity index (χ2n) is 4.93. The van der Waals surface area contributed by atoms with Gasteiger partial charge in [0.1, 0.15) is 11.6 Å². The van der Waals surface area contributed by atoms with Gasteiger partial charge in [-0.1, -0.05) is 13.8 Å². The van der Waals surface area contributed by atoms with Crippen LogP contribution in [0.1, 0.15) is 39.4 Å². The van der Waals surface area contributed by atoms with Crippen molar-refractivity contribution >= 4 is 5.82 Å². The highest BCUT2D eigenvalue weighted by molar-refractivity contribution is 5.33. The molecule has 1 aromatic heterocycles. The molecule has 0 radical (unpaired) electrons. The third kappa shape index (κ3) is 5.87. The van der Waals surface area contributed by atoms with Crippen molar-refractivity contribution in [1.82, 2.24) is 14.9 Å². The second-order valence-corrected chi connectivity index (χ2v) is 4.93. The third-order valence-electron chi connectivity index (χ3n) is 3.26. The smallest absolute Gasteiger partial charge is 0.252 e. The zero-order chi connectivity index (χ0) is 14.3. The quantitative estimate of drug-likeness (QED) is 0.755. The van der Waals surface area contributed by atoms with Crippen molar-refractivity contribution in [3.63, 3.8) is 0 Å². The van der Waals surface area contributed by atoms with E-state index in [0.29, 0.717) is 17.7 Å². The van der Waals surface area contributed by atoms with Crippen LogP contribution < -0.4 is 10.9 Å². The molecule has 19 heavy (non-hydrogen) atoms. The fraction of sp³-hybridized carbons (Fsp3) is 0.714. The fourth-order valence-electron chi connectivity index (χ4n) is 2.14. The number of nitrogens with one attached hydrogen (secondary N) is 2. The maximum atomic E-state index is 11.3. The largest absolute Gasteiger partial charge is 0.367 e. The molecule has 0 amide bonds. The lowest BCUT2D eigenvalue weighted by Gasteiger charge is -2.20. The van der Waals surface area contributed by atoms with Crippen LogP contribution in [0.5, 0.6) is 0 Å². The normalized spacial score (nSPS) is 12.7. The van der Waals surface area contributed by atoms with Gasteiger partial charge in [0.2, 0.25) is 0 Å². The van der Waals surface area contributed by atoms with E-state index in [9.17, 15) is 4.79 Å². The Labute approximate surface area is 115 Å². The first-order valence-corrected chi connectivity index (χ1v) is 7.12. The van der Waals surface area contributed by atoms with E-state index in [0.717, 1.165) is 32.5 Å². The summed E-state index contributed by atoms with van der Waals surface area (Å²) >= 11 is 0. The van der Waals surface area contributed by atoms with Gasteiger partial charge in [-0.15, -0.1) is 0 Å². The maximum Gasteiger partial charge on any atom is 0.252 e. The van der Waals surface area contributed by atoms with Crippen LogP contribution in [0.3, 0.4) is 0 Å². The Hall–Kier alpha value is -1.36. The summed E-state index contributed by atoms with van der Waals surface area (Å²) in [4.78, 5) is 20.7. The monoisotopic (exact) mass is 266 g/mol. The molecule has 0 saturated heterocycles. The van der Waals surface area contributed by atoms with Crippen molar-refractivity contribution in [2.45, 2.75) is 46.6 Å². The highest BCUT2D eigenvalue weighted by Gasteiger charge is 2.06. The summed E-state index contributed by atoms with van der Waals surface area (Å²) in [6.45, 7) is 11.6. The second kappa shape index (κ2) is 7.94. The number of aromatic amines is 1. The Kier molecular flexibility index (Phi) is 6.56. The molecule has 108 valence electrons. The molecule has 1 heterocycles. The van der Waals surface area contributed by atoms with E-state index >= 15 is 0 Å². The number of anilines is 1. The van der Waals surface area contributed by atoms with Gasteiger partial charge >= 0.3 is 0 Å². The van der Waals surface area contributed by atoms with E-state index < -0.39 is 0 Å².